The average Bonchev–Trinajstić information content (AvgIpc) is 2.42. The Labute approximate surface area is 153 Å². The lowest BCUT2D eigenvalue weighted by Gasteiger charge is -2.37. The molecule has 1 saturated heterocycles. The molecule has 1 aliphatic heterocycles. The molecule has 0 amide bonds. The molecule has 0 bridgehead atoms. The van der Waals surface area contributed by atoms with Crippen LogP contribution in [0.1, 0.15) is 49.4 Å². The van der Waals surface area contributed by atoms with Crippen LogP contribution in [0.2, 0.25) is 0 Å². The topological polar surface area (TPSA) is 35.5 Å². The van der Waals surface area contributed by atoms with Gasteiger partial charge in [0.2, 0.25) is 0 Å². The summed E-state index contributed by atoms with van der Waals surface area (Å²) in [6.45, 7) is 13.2. The van der Waals surface area contributed by atoms with E-state index in [9.17, 15) is 5.11 Å². The highest BCUT2D eigenvalue weighted by atomic mass is 35.5. The van der Waals surface area contributed by atoms with Crippen LogP contribution in [0.25, 0.3) is 0 Å². The van der Waals surface area contributed by atoms with Crippen molar-refractivity contribution >= 4 is 24.8 Å². The highest BCUT2D eigenvalue weighted by Gasteiger charge is 2.25. The lowest BCUT2D eigenvalue weighted by molar-refractivity contribution is 0.159. The van der Waals surface area contributed by atoms with Gasteiger partial charge in [-0.3, -0.25) is 4.90 Å². The van der Waals surface area contributed by atoms with Gasteiger partial charge in [0.05, 0.1) is 0 Å². The first-order valence-corrected chi connectivity index (χ1v) is 8.24. The van der Waals surface area contributed by atoms with Crippen LogP contribution in [0, 0.1) is 19.8 Å². The Hall–Kier alpha value is -0.480. The van der Waals surface area contributed by atoms with Crippen molar-refractivity contribution in [3.05, 3.63) is 28.8 Å². The summed E-state index contributed by atoms with van der Waals surface area (Å²) in [5.74, 6) is 1.12. The van der Waals surface area contributed by atoms with Crippen molar-refractivity contribution in [3.8, 4) is 5.75 Å². The fourth-order valence-electron chi connectivity index (χ4n) is 3.47. The van der Waals surface area contributed by atoms with Gasteiger partial charge in [0.1, 0.15) is 5.75 Å². The normalized spacial score (nSPS) is 16.6. The van der Waals surface area contributed by atoms with Gasteiger partial charge in [-0.25, -0.2) is 0 Å². The van der Waals surface area contributed by atoms with E-state index in [4.69, 9.17) is 0 Å². The van der Waals surface area contributed by atoms with Crippen LogP contribution in [-0.2, 0) is 0 Å². The second-order valence-electron chi connectivity index (χ2n) is 6.77. The Morgan fingerprint density at radius 2 is 1.57 bits per heavy atom. The minimum absolute atomic E-state index is 0. The number of hydrogen-bond donors (Lipinski definition) is 2. The molecule has 0 aliphatic carbocycles. The van der Waals surface area contributed by atoms with Crippen molar-refractivity contribution in [3.63, 3.8) is 0 Å². The molecule has 0 aromatic heterocycles. The van der Waals surface area contributed by atoms with Crippen molar-refractivity contribution in [2.45, 2.75) is 46.6 Å². The average molecular weight is 363 g/mol. The molecular formula is C18H32Cl2N2O. The molecule has 0 radical (unpaired) electrons. The smallest absolute Gasteiger partial charge is 0.116 e. The van der Waals surface area contributed by atoms with Crippen LogP contribution in [0.5, 0.6) is 5.75 Å². The molecule has 1 heterocycles. The Balaban J connectivity index is 0.00000242. The maximum absolute atomic E-state index is 9.80. The number of aromatic hydroxyl groups is 1. The summed E-state index contributed by atoms with van der Waals surface area (Å²) in [4.78, 5) is 2.62. The number of hydrogen-bond acceptors (Lipinski definition) is 3. The molecule has 3 nitrogen and oxygen atoms in total. The number of phenolic OH excluding ortho intramolecular Hbond substituents is 1. The fraction of sp³-hybridized carbons (Fsp3) is 0.667. The standard InChI is InChI=1S/C18H30N2O.2ClH/c1-13(2)5-6-17(20-9-7-19-8-10-20)18-14(3)11-16(21)12-15(18)4;;/h11-13,17,19,21H,5-10H2,1-4H3;2*1H/t17-;;/m1../s1. The van der Waals surface area contributed by atoms with Gasteiger partial charge in [-0.2, -0.15) is 0 Å². The second-order valence-corrected chi connectivity index (χ2v) is 6.77. The second kappa shape index (κ2) is 10.4. The summed E-state index contributed by atoms with van der Waals surface area (Å²) >= 11 is 0. The lowest BCUT2D eigenvalue weighted by atomic mass is 9.89. The van der Waals surface area contributed by atoms with E-state index >= 15 is 0 Å². The number of phenols is 1. The highest BCUT2D eigenvalue weighted by molar-refractivity contribution is 5.85. The summed E-state index contributed by atoms with van der Waals surface area (Å²) in [6, 6.07) is 4.30. The third-order valence-corrected chi connectivity index (χ3v) is 4.52. The molecule has 0 spiro atoms. The van der Waals surface area contributed by atoms with Crippen LogP contribution in [0.15, 0.2) is 12.1 Å². The van der Waals surface area contributed by atoms with Crippen molar-refractivity contribution in [1.29, 1.82) is 0 Å². The third kappa shape index (κ3) is 6.15. The van der Waals surface area contributed by atoms with E-state index in [-0.39, 0.29) is 24.8 Å². The van der Waals surface area contributed by atoms with Crippen LogP contribution in [0.4, 0.5) is 0 Å². The molecule has 0 saturated carbocycles. The van der Waals surface area contributed by atoms with Gasteiger partial charge in [-0.1, -0.05) is 13.8 Å². The van der Waals surface area contributed by atoms with Crippen molar-refractivity contribution in [1.82, 2.24) is 10.2 Å². The van der Waals surface area contributed by atoms with Gasteiger partial charge in [0, 0.05) is 32.2 Å². The first-order chi connectivity index (χ1) is 9.99. The van der Waals surface area contributed by atoms with Crippen LogP contribution in [0.3, 0.4) is 0 Å². The van der Waals surface area contributed by atoms with E-state index < -0.39 is 0 Å². The number of nitrogens with zero attached hydrogens (tertiary/aromatic N) is 1. The van der Waals surface area contributed by atoms with E-state index in [0.29, 0.717) is 11.8 Å². The highest BCUT2D eigenvalue weighted by Crippen LogP contribution is 2.34. The summed E-state index contributed by atoms with van der Waals surface area (Å²) in [5.41, 5.74) is 3.87. The van der Waals surface area contributed by atoms with Gasteiger partial charge in [-0.15, -0.1) is 24.8 Å². The molecule has 0 unspecified atom stereocenters. The predicted molar refractivity (Wildman–Crippen MR) is 103 cm³/mol. The molecule has 2 rings (SSSR count). The molecule has 1 aliphatic rings. The van der Waals surface area contributed by atoms with Gasteiger partial charge in [0.15, 0.2) is 0 Å². The summed E-state index contributed by atoms with van der Waals surface area (Å²) in [6.07, 6.45) is 2.44. The zero-order valence-electron chi connectivity index (χ0n) is 14.8. The molecule has 1 aromatic carbocycles. The maximum Gasteiger partial charge on any atom is 0.116 e. The third-order valence-electron chi connectivity index (χ3n) is 4.52. The lowest BCUT2D eigenvalue weighted by Crippen LogP contribution is -2.45. The Bertz CT molecular complexity index is 451. The number of benzene rings is 1. The minimum atomic E-state index is 0. The molecule has 5 heteroatoms. The van der Waals surface area contributed by atoms with Gasteiger partial charge in [-0.05, 0) is 61.4 Å². The van der Waals surface area contributed by atoms with E-state index in [1.54, 1.807) is 0 Å². The number of nitrogens with one attached hydrogen (secondary N) is 1. The van der Waals surface area contributed by atoms with Crippen LogP contribution < -0.4 is 5.32 Å². The molecule has 1 atom stereocenters. The van der Waals surface area contributed by atoms with E-state index in [1.165, 1.54) is 29.5 Å². The first kappa shape index (κ1) is 22.5. The molecule has 1 fully saturated rings. The van der Waals surface area contributed by atoms with E-state index in [1.807, 2.05) is 12.1 Å². The Morgan fingerprint density at radius 1 is 1.04 bits per heavy atom. The van der Waals surface area contributed by atoms with Crippen molar-refractivity contribution in [2.24, 2.45) is 5.92 Å². The van der Waals surface area contributed by atoms with Crippen molar-refractivity contribution in [2.75, 3.05) is 26.2 Å². The monoisotopic (exact) mass is 362 g/mol. The van der Waals surface area contributed by atoms with Crippen LogP contribution in [-0.4, -0.2) is 36.2 Å². The van der Waals surface area contributed by atoms with Crippen molar-refractivity contribution < 1.29 is 5.11 Å². The number of halogens is 2. The zero-order valence-corrected chi connectivity index (χ0v) is 16.4. The molecule has 23 heavy (non-hydrogen) atoms. The first-order valence-electron chi connectivity index (χ1n) is 8.24. The minimum Gasteiger partial charge on any atom is -0.508 e. The van der Waals surface area contributed by atoms with Gasteiger partial charge < -0.3 is 10.4 Å². The number of aryl methyl sites for hydroxylation is 2. The Morgan fingerprint density at radius 3 is 2.04 bits per heavy atom. The summed E-state index contributed by atoms with van der Waals surface area (Å²) in [5, 5.41) is 13.2. The number of rotatable bonds is 5. The fourth-order valence-corrected chi connectivity index (χ4v) is 3.47. The van der Waals surface area contributed by atoms with Gasteiger partial charge >= 0.3 is 0 Å². The SMILES string of the molecule is Cc1cc(O)cc(C)c1[C@@H](CCC(C)C)N1CCNCC1.Cl.Cl. The van der Waals surface area contributed by atoms with E-state index in [0.717, 1.165) is 32.1 Å². The Kier molecular flexibility index (Phi) is 10.2. The maximum atomic E-state index is 9.80. The molecular weight excluding hydrogens is 331 g/mol. The van der Waals surface area contributed by atoms with E-state index in [2.05, 4.69) is 37.9 Å². The zero-order chi connectivity index (χ0) is 15.4. The predicted octanol–water partition coefficient (Wildman–Crippen LogP) is 4.24. The molecule has 2 N–H and O–H groups in total. The van der Waals surface area contributed by atoms with Gasteiger partial charge in [0.25, 0.3) is 0 Å². The van der Waals surface area contributed by atoms with Crippen LogP contribution >= 0.6 is 24.8 Å². The summed E-state index contributed by atoms with van der Waals surface area (Å²) in [7, 11) is 0. The largest absolute Gasteiger partial charge is 0.508 e. The quantitative estimate of drug-likeness (QED) is 0.822. The summed E-state index contributed by atoms with van der Waals surface area (Å²) < 4.78 is 0. The number of piperazine rings is 1. The molecule has 134 valence electrons. The molecule has 1 aromatic rings.